The van der Waals surface area contributed by atoms with Crippen LogP contribution in [0.15, 0.2) is 30.6 Å². The number of hydrogen-bond acceptors (Lipinski definition) is 4. The van der Waals surface area contributed by atoms with Crippen molar-refractivity contribution in [1.29, 1.82) is 0 Å². The average molecular weight is 260 g/mol. The smallest absolute Gasteiger partial charge is 0.178 e. The van der Waals surface area contributed by atoms with Gasteiger partial charge in [0.2, 0.25) is 0 Å². The molecule has 19 heavy (non-hydrogen) atoms. The maximum atomic E-state index is 12.8. The molecule has 1 N–H and O–H groups in total. The van der Waals surface area contributed by atoms with Crippen molar-refractivity contribution in [3.8, 4) is 11.5 Å². The minimum Gasteiger partial charge on any atom is -0.311 e. The SMILES string of the molecule is CC(C)CNCc1ccnc(-c2ccc(F)cn2)n1. The van der Waals surface area contributed by atoms with Gasteiger partial charge in [-0.05, 0) is 30.7 Å². The van der Waals surface area contributed by atoms with Gasteiger partial charge in [0.05, 0.1) is 11.9 Å². The second-order valence-corrected chi connectivity index (χ2v) is 4.76. The largest absolute Gasteiger partial charge is 0.311 e. The number of nitrogens with zero attached hydrogens (tertiary/aromatic N) is 3. The molecule has 0 saturated carbocycles. The zero-order valence-electron chi connectivity index (χ0n) is 11.1. The highest BCUT2D eigenvalue weighted by Crippen LogP contribution is 2.11. The van der Waals surface area contributed by atoms with Gasteiger partial charge in [0.15, 0.2) is 5.82 Å². The van der Waals surface area contributed by atoms with Crippen LogP contribution in [0.25, 0.3) is 11.5 Å². The molecule has 0 fully saturated rings. The summed E-state index contributed by atoms with van der Waals surface area (Å²) in [4.78, 5) is 12.5. The Morgan fingerprint density at radius 3 is 2.74 bits per heavy atom. The van der Waals surface area contributed by atoms with Crippen LogP contribution in [-0.2, 0) is 6.54 Å². The fourth-order valence-corrected chi connectivity index (χ4v) is 1.61. The van der Waals surface area contributed by atoms with Crippen molar-refractivity contribution in [1.82, 2.24) is 20.3 Å². The number of aromatic nitrogens is 3. The number of halogens is 1. The van der Waals surface area contributed by atoms with Gasteiger partial charge in [0, 0.05) is 12.7 Å². The van der Waals surface area contributed by atoms with Crippen molar-refractivity contribution in [2.45, 2.75) is 20.4 Å². The lowest BCUT2D eigenvalue weighted by Crippen LogP contribution is -2.19. The van der Waals surface area contributed by atoms with E-state index in [1.807, 2.05) is 6.07 Å². The molecule has 0 spiro atoms. The highest BCUT2D eigenvalue weighted by atomic mass is 19.1. The van der Waals surface area contributed by atoms with Gasteiger partial charge in [-0.2, -0.15) is 0 Å². The Labute approximate surface area is 112 Å². The Balaban J connectivity index is 2.08. The molecule has 0 aromatic carbocycles. The van der Waals surface area contributed by atoms with E-state index in [0.717, 1.165) is 12.2 Å². The maximum absolute atomic E-state index is 12.8. The molecule has 0 saturated heterocycles. The van der Waals surface area contributed by atoms with Crippen molar-refractivity contribution in [3.63, 3.8) is 0 Å². The molecule has 0 aliphatic carbocycles. The number of rotatable bonds is 5. The first-order valence-corrected chi connectivity index (χ1v) is 6.29. The normalized spacial score (nSPS) is 10.9. The summed E-state index contributed by atoms with van der Waals surface area (Å²) in [6, 6.07) is 4.80. The predicted octanol–water partition coefficient (Wildman–Crippen LogP) is 2.42. The highest BCUT2D eigenvalue weighted by Gasteiger charge is 2.04. The van der Waals surface area contributed by atoms with E-state index in [-0.39, 0.29) is 5.82 Å². The molecule has 0 bridgehead atoms. The molecule has 0 atom stereocenters. The molecule has 5 heteroatoms. The quantitative estimate of drug-likeness (QED) is 0.897. The topological polar surface area (TPSA) is 50.7 Å². The average Bonchev–Trinajstić information content (AvgIpc) is 2.39. The molecule has 0 radical (unpaired) electrons. The number of pyridine rings is 1. The summed E-state index contributed by atoms with van der Waals surface area (Å²) >= 11 is 0. The predicted molar refractivity (Wildman–Crippen MR) is 71.8 cm³/mol. The van der Waals surface area contributed by atoms with E-state index in [9.17, 15) is 4.39 Å². The zero-order valence-corrected chi connectivity index (χ0v) is 11.1. The lowest BCUT2D eigenvalue weighted by atomic mass is 10.2. The Morgan fingerprint density at radius 1 is 1.21 bits per heavy atom. The fraction of sp³-hybridized carbons (Fsp3) is 0.357. The van der Waals surface area contributed by atoms with Crippen LogP contribution >= 0.6 is 0 Å². The summed E-state index contributed by atoms with van der Waals surface area (Å²) in [6.45, 7) is 5.94. The van der Waals surface area contributed by atoms with Crippen LogP contribution < -0.4 is 5.32 Å². The Morgan fingerprint density at radius 2 is 2.05 bits per heavy atom. The van der Waals surface area contributed by atoms with Gasteiger partial charge in [0.1, 0.15) is 11.5 Å². The van der Waals surface area contributed by atoms with E-state index in [4.69, 9.17) is 0 Å². The van der Waals surface area contributed by atoms with E-state index in [1.54, 1.807) is 12.3 Å². The number of hydrogen-bond donors (Lipinski definition) is 1. The van der Waals surface area contributed by atoms with Crippen molar-refractivity contribution >= 4 is 0 Å². The second-order valence-electron chi connectivity index (χ2n) is 4.76. The number of nitrogens with one attached hydrogen (secondary N) is 1. The van der Waals surface area contributed by atoms with Crippen molar-refractivity contribution in [3.05, 3.63) is 42.1 Å². The molecule has 2 rings (SSSR count). The van der Waals surface area contributed by atoms with E-state index in [0.29, 0.717) is 24.0 Å². The molecule has 2 heterocycles. The Hall–Kier alpha value is -1.88. The van der Waals surface area contributed by atoms with Crippen LogP contribution in [0.4, 0.5) is 4.39 Å². The molecule has 100 valence electrons. The van der Waals surface area contributed by atoms with Crippen LogP contribution in [0.1, 0.15) is 19.5 Å². The molecule has 0 aliphatic heterocycles. The van der Waals surface area contributed by atoms with Gasteiger partial charge in [-0.25, -0.2) is 19.3 Å². The third-order valence-electron chi connectivity index (χ3n) is 2.53. The van der Waals surface area contributed by atoms with E-state index in [1.165, 1.54) is 12.3 Å². The van der Waals surface area contributed by atoms with Crippen molar-refractivity contribution in [2.24, 2.45) is 5.92 Å². The van der Waals surface area contributed by atoms with Crippen molar-refractivity contribution in [2.75, 3.05) is 6.54 Å². The van der Waals surface area contributed by atoms with Gasteiger partial charge in [-0.1, -0.05) is 13.8 Å². The molecule has 0 aliphatic rings. The Kier molecular flexibility index (Phi) is 4.52. The highest BCUT2D eigenvalue weighted by molar-refractivity contribution is 5.48. The zero-order chi connectivity index (χ0) is 13.7. The first-order valence-electron chi connectivity index (χ1n) is 6.29. The first kappa shape index (κ1) is 13.5. The lowest BCUT2D eigenvalue weighted by molar-refractivity contribution is 0.548. The van der Waals surface area contributed by atoms with Gasteiger partial charge < -0.3 is 5.32 Å². The summed E-state index contributed by atoms with van der Waals surface area (Å²) < 4.78 is 12.8. The van der Waals surface area contributed by atoms with Crippen molar-refractivity contribution < 1.29 is 4.39 Å². The van der Waals surface area contributed by atoms with Crippen LogP contribution in [0.2, 0.25) is 0 Å². The van der Waals surface area contributed by atoms with E-state index >= 15 is 0 Å². The molecular formula is C14H17FN4. The summed E-state index contributed by atoms with van der Waals surface area (Å²) in [5, 5.41) is 3.32. The molecule has 0 amide bonds. The monoisotopic (exact) mass is 260 g/mol. The summed E-state index contributed by atoms with van der Waals surface area (Å²) in [5.74, 6) is 0.752. The molecular weight excluding hydrogens is 243 g/mol. The van der Waals surface area contributed by atoms with E-state index in [2.05, 4.69) is 34.1 Å². The second kappa shape index (κ2) is 6.33. The Bertz CT molecular complexity index is 525. The van der Waals surface area contributed by atoms with Crippen LogP contribution in [-0.4, -0.2) is 21.5 Å². The third kappa shape index (κ3) is 4.06. The van der Waals surface area contributed by atoms with Gasteiger partial charge in [-0.15, -0.1) is 0 Å². The third-order valence-corrected chi connectivity index (χ3v) is 2.53. The molecule has 4 nitrogen and oxygen atoms in total. The standard InChI is InChI=1S/C14H17FN4/c1-10(2)7-16-9-12-5-6-17-14(19-12)13-4-3-11(15)8-18-13/h3-6,8,10,16H,7,9H2,1-2H3. The van der Waals surface area contributed by atoms with E-state index < -0.39 is 0 Å². The maximum Gasteiger partial charge on any atom is 0.178 e. The van der Waals surface area contributed by atoms with Crippen LogP contribution in [0.5, 0.6) is 0 Å². The van der Waals surface area contributed by atoms with Crippen LogP contribution in [0.3, 0.4) is 0 Å². The molecule has 2 aromatic heterocycles. The summed E-state index contributed by atoms with van der Waals surface area (Å²) in [7, 11) is 0. The van der Waals surface area contributed by atoms with Gasteiger partial charge in [-0.3, -0.25) is 0 Å². The first-order chi connectivity index (χ1) is 9.15. The molecule has 0 unspecified atom stereocenters. The van der Waals surface area contributed by atoms with Gasteiger partial charge >= 0.3 is 0 Å². The lowest BCUT2D eigenvalue weighted by Gasteiger charge is -2.07. The fourth-order valence-electron chi connectivity index (χ4n) is 1.61. The molecule has 2 aromatic rings. The van der Waals surface area contributed by atoms with Gasteiger partial charge in [0.25, 0.3) is 0 Å². The summed E-state index contributed by atoms with van der Waals surface area (Å²) in [5.41, 5.74) is 1.48. The minimum atomic E-state index is -0.362. The minimum absolute atomic E-state index is 0.362. The van der Waals surface area contributed by atoms with Crippen LogP contribution in [0, 0.1) is 11.7 Å². The summed E-state index contributed by atoms with van der Waals surface area (Å²) in [6.07, 6.45) is 2.86.